The number of allylic oxidation sites excluding steroid dienone is 4. The highest BCUT2D eigenvalue weighted by molar-refractivity contribution is 6.02. The Morgan fingerprint density at radius 1 is 0.675 bits per heavy atom. The summed E-state index contributed by atoms with van der Waals surface area (Å²) in [4.78, 5) is 25.4. The van der Waals surface area contributed by atoms with Crippen LogP contribution in [-0.2, 0) is 12.8 Å². The Balaban J connectivity index is 3.19. The van der Waals surface area contributed by atoms with Crippen molar-refractivity contribution >= 4 is 11.6 Å². The van der Waals surface area contributed by atoms with E-state index in [0.29, 0.717) is 0 Å². The Bertz CT molecular complexity index is 1370. The maximum absolute atomic E-state index is 12.8. The van der Waals surface area contributed by atoms with Crippen LogP contribution >= 0.6 is 0 Å². The van der Waals surface area contributed by atoms with Crippen molar-refractivity contribution in [2.75, 3.05) is 7.11 Å². The third kappa shape index (κ3) is 6.43. The van der Waals surface area contributed by atoms with Crippen molar-refractivity contribution in [3.63, 3.8) is 0 Å². The van der Waals surface area contributed by atoms with Gasteiger partial charge < -0.3 is 30.3 Å². The molecule has 5 N–H and O–H groups in total. The Morgan fingerprint density at radius 3 is 1.50 bits per heavy atom. The molecule has 0 aliphatic heterocycles. The number of phenols is 5. The lowest BCUT2D eigenvalue weighted by Crippen LogP contribution is -2.13. The predicted molar refractivity (Wildman–Crippen MR) is 155 cm³/mol. The van der Waals surface area contributed by atoms with Gasteiger partial charge in [0.2, 0.25) is 0 Å². The number of ketones is 2. The molecule has 0 aliphatic carbocycles. The maximum Gasteiger partial charge on any atom is 0.167 e. The molecular weight excluding hydrogens is 512 g/mol. The van der Waals surface area contributed by atoms with E-state index in [9.17, 15) is 35.1 Å². The number of methoxy groups -OCH3 is 1. The molecule has 0 saturated carbocycles. The minimum Gasteiger partial charge on any atom is -0.507 e. The number of benzene rings is 2. The predicted octanol–water partition coefficient (Wildman–Crippen LogP) is 6.82. The number of carbonyl (C=O) groups excluding carboxylic acids is 2. The van der Waals surface area contributed by atoms with Crippen molar-refractivity contribution in [1.82, 2.24) is 0 Å². The standard InChI is InChI=1S/C32H42O8/c1-15(2)10-12-20-27(35)23(18(7)33)30(38)25(28(20)36)22(14-17(5)6)26-29(37)21(13-11-16(3)4)32(40-9)24(19(8)34)31(26)39/h10-11,17,22,35-39H,12-14H2,1-9H3. The average Bonchev–Trinajstić information content (AvgIpc) is 2.81. The highest BCUT2D eigenvalue weighted by atomic mass is 16.5. The number of carbonyl (C=O) groups is 2. The molecule has 8 heteroatoms. The van der Waals surface area contributed by atoms with Crippen LogP contribution in [0, 0.1) is 5.92 Å². The summed E-state index contributed by atoms with van der Waals surface area (Å²) >= 11 is 0. The molecule has 0 bridgehead atoms. The second-order valence-electron chi connectivity index (χ2n) is 11.1. The largest absolute Gasteiger partial charge is 0.507 e. The van der Waals surface area contributed by atoms with Crippen molar-refractivity contribution in [3.8, 4) is 34.5 Å². The number of hydrogen-bond donors (Lipinski definition) is 5. The fraction of sp³-hybridized carbons (Fsp3) is 0.438. The molecule has 1 atom stereocenters. The fourth-order valence-electron chi connectivity index (χ4n) is 4.95. The van der Waals surface area contributed by atoms with E-state index in [1.165, 1.54) is 21.0 Å². The molecule has 40 heavy (non-hydrogen) atoms. The topological polar surface area (TPSA) is 145 Å². The van der Waals surface area contributed by atoms with Crippen LogP contribution in [0.3, 0.4) is 0 Å². The summed E-state index contributed by atoms with van der Waals surface area (Å²) in [5.74, 6) is -4.84. The van der Waals surface area contributed by atoms with Crippen molar-refractivity contribution in [2.24, 2.45) is 5.92 Å². The van der Waals surface area contributed by atoms with Crippen LogP contribution in [0.4, 0.5) is 0 Å². The van der Waals surface area contributed by atoms with Gasteiger partial charge in [-0.1, -0.05) is 37.1 Å². The van der Waals surface area contributed by atoms with E-state index in [1.807, 2.05) is 47.6 Å². The van der Waals surface area contributed by atoms with E-state index in [-0.39, 0.29) is 70.1 Å². The number of phenolic OH excluding ortho intramolecular Hbond substituents is 5. The molecule has 2 aromatic rings. The van der Waals surface area contributed by atoms with E-state index >= 15 is 0 Å². The zero-order chi connectivity index (χ0) is 30.6. The first-order chi connectivity index (χ1) is 18.6. The number of ether oxygens (including phenoxy) is 1. The van der Waals surface area contributed by atoms with E-state index in [1.54, 1.807) is 6.08 Å². The molecule has 2 aromatic carbocycles. The smallest absolute Gasteiger partial charge is 0.167 e. The molecule has 0 radical (unpaired) electrons. The second-order valence-corrected chi connectivity index (χ2v) is 11.1. The van der Waals surface area contributed by atoms with Crippen molar-refractivity contribution in [1.29, 1.82) is 0 Å². The first-order valence-corrected chi connectivity index (χ1v) is 13.3. The minimum atomic E-state index is -1.07. The SMILES string of the molecule is COc1c(CC=C(C)C)c(O)c(C(CC(C)C)c2c(O)c(CC=C(C)C)c(O)c(C(C)=O)c2O)c(O)c1C(C)=O. The van der Waals surface area contributed by atoms with Gasteiger partial charge in [-0.3, -0.25) is 9.59 Å². The van der Waals surface area contributed by atoms with Crippen molar-refractivity contribution in [2.45, 2.75) is 80.6 Å². The van der Waals surface area contributed by atoms with E-state index in [0.717, 1.165) is 11.1 Å². The Kier molecular flexibility index (Phi) is 10.4. The van der Waals surface area contributed by atoms with Crippen molar-refractivity contribution in [3.05, 3.63) is 56.7 Å². The van der Waals surface area contributed by atoms with Gasteiger partial charge in [0.15, 0.2) is 11.6 Å². The first-order valence-electron chi connectivity index (χ1n) is 13.3. The lowest BCUT2D eigenvalue weighted by Gasteiger charge is -2.28. The molecule has 218 valence electrons. The third-order valence-electron chi connectivity index (χ3n) is 6.83. The molecule has 1 unspecified atom stereocenters. The summed E-state index contributed by atoms with van der Waals surface area (Å²) in [5.41, 5.74) is 1.39. The molecule has 8 nitrogen and oxygen atoms in total. The first kappa shape index (κ1) is 32.3. The minimum absolute atomic E-state index is 0.0250. The van der Waals surface area contributed by atoms with Gasteiger partial charge in [0, 0.05) is 28.2 Å². The van der Waals surface area contributed by atoms with Gasteiger partial charge in [-0.05, 0) is 66.7 Å². The highest BCUT2D eigenvalue weighted by Gasteiger charge is 2.37. The second kappa shape index (κ2) is 12.9. The van der Waals surface area contributed by atoms with E-state index in [2.05, 4.69) is 0 Å². The summed E-state index contributed by atoms with van der Waals surface area (Å²) in [6.07, 6.45) is 4.02. The number of rotatable bonds is 11. The Labute approximate surface area is 236 Å². The number of aromatic hydroxyl groups is 5. The monoisotopic (exact) mass is 554 g/mol. The summed E-state index contributed by atoms with van der Waals surface area (Å²) in [6.45, 7) is 13.6. The normalized spacial score (nSPS) is 11.8. The summed E-state index contributed by atoms with van der Waals surface area (Å²) in [7, 11) is 1.34. The van der Waals surface area contributed by atoms with Gasteiger partial charge in [-0.25, -0.2) is 0 Å². The van der Waals surface area contributed by atoms with Crippen LogP contribution in [0.2, 0.25) is 0 Å². The van der Waals surface area contributed by atoms with Crippen LogP contribution in [0.5, 0.6) is 34.5 Å². The lowest BCUT2D eigenvalue weighted by molar-refractivity contribution is 0.0998. The summed E-state index contributed by atoms with van der Waals surface area (Å²) < 4.78 is 5.49. The van der Waals surface area contributed by atoms with Crippen LogP contribution in [-0.4, -0.2) is 44.2 Å². The number of hydrogen-bond acceptors (Lipinski definition) is 8. The molecule has 0 amide bonds. The highest BCUT2D eigenvalue weighted by Crippen LogP contribution is 2.55. The van der Waals surface area contributed by atoms with E-state index in [4.69, 9.17) is 4.74 Å². The molecule has 0 spiro atoms. The van der Waals surface area contributed by atoms with Crippen molar-refractivity contribution < 1.29 is 39.9 Å². The van der Waals surface area contributed by atoms with Crippen LogP contribution < -0.4 is 4.74 Å². The van der Waals surface area contributed by atoms with Gasteiger partial charge >= 0.3 is 0 Å². The van der Waals surface area contributed by atoms with Gasteiger partial charge in [-0.2, -0.15) is 0 Å². The average molecular weight is 555 g/mol. The zero-order valence-corrected chi connectivity index (χ0v) is 24.9. The fourth-order valence-corrected chi connectivity index (χ4v) is 4.95. The Hall–Kier alpha value is -3.94. The molecular formula is C32H42O8. The molecule has 2 rings (SSSR count). The summed E-state index contributed by atoms with van der Waals surface area (Å²) in [6, 6.07) is 0. The quantitative estimate of drug-likeness (QED) is 0.150. The molecule has 0 fully saturated rings. The number of Topliss-reactive ketones (excluding diaryl/α,β-unsaturated/α-hetero) is 2. The lowest BCUT2D eigenvalue weighted by atomic mass is 9.78. The van der Waals surface area contributed by atoms with Crippen LogP contribution in [0.1, 0.15) is 111 Å². The molecule has 0 aliphatic rings. The Morgan fingerprint density at radius 2 is 1.10 bits per heavy atom. The molecule has 0 heterocycles. The van der Waals surface area contributed by atoms with Gasteiger partial charge in [0.05, 0.1) is 7.11 Å². The third-order valence-corrected chi connectivity index (χ3v) is 6.83. The van der Waals surface area contributed by atoms with Gasteiger partial charge in [0.1, 0.15) is 45.6 Å². The summed E-state index contributed by atoms with van der Waals surface area (Å²) in [5, 5.41) is 56.9. The van der Waals surface area contributed by atoms with Gasteiger partial charge in [-0.15, -0.1) is 0 Å². The maximum atomic E-state index is 12.8. The van der Waals surface area contributed by atoms with Crippen LogP contribution in [0.25, 0.3) is 0 Å². The zero-order valence-electron chi connectivity index (χ0n) is 24.9. The van der Waals surface area contributed by atoms with E-state index < -0.39 is 40.5 Å². The van der Waals surface area contributed by atoms with Gasteiger partial charge in [0.25, 0.3) is 0 Å². The molecule has 0 aromatic heterocycles. The van der Waals surface area contributed by atoms with Crippen LogP contribution in [0.15, 0.2) is 23.3 Å². The molecule has 0 saturated heterocycles.